The van der Waals surface area contributed by atoms with Crippen LogP contribution in [0.2, 0.25) is 0 Å². The van der Waals surface area contributed by atoms with Gasteiger partial charge in [0, 0.05) is 17.6 Å². The number of hydrogen-bond acceptors (Lipinski definition) is 2. The number of likely N-dealkylation sites (N-methyl/N-ethyl adjacent to an activating group) is 1. The van der Waals surface area contributed by atoms with Crippen molar-refractivity contribution in [2.45, 2.75) is 50.6 Å². The van der Waals surface area contributed by atoms with E-state index in [0.29, 0.717) is 17.9 Å². The molecule has 4 heteroatoms. The average Bonchev–Trinajstić information content (AvgIpc) is 2.36. The molecule has 3 unspecified atom stereocenters. The van der Waals surface area contributed by atoms with Crippen LogP contribution in [-0.2, 0) is 6.42 Å². The van der Waals surface area contributed by atoms with Crippen molar-refractivity contribution in [1.29, 1.82) is 0 Å². The molecule has 0 amide bonds. The van der Waals surface area contributed by atoms with Gasteiger partial charge in [0.05, 0.1) is 0 Å². The summed E-state index contributed by atoms with van der Waals surface area (Å²) in [7, 11) is 4.12. The van der Waals surface area contributed by atoms with Crippen LogP contribution in [0.25, 0.3) is 0 Å². The fourth-order valence-electron chi connectivity index (χ4n) is 3.81. The number of rotatable bonds is 4. The minimum absolute atomic E-state index is 0.0829. The predicted octanol–water partition coefficient (Wildman–Crippen LogP) is 3.35. The lowest BCUT2D eigenvalue weighted by molar-refractivity contribution is 0.0503. The zero-order chi connectivity index (χ0) is 15.6. The van der Waals surface area contributed by atoms with Crippen LogP contribution in [0.1, 0.15) is 38.2 Å². The van der Waals surface area contributed by atoms with Gasteiger partial charge in [0.25, 0.3) is 0 Å². The first-order valence-corrected chi connectivity index (χ1v) is 7.71. The Morgan fingerprint density at radius 3 is 2.43 bits per heavy atom. The zero-order valence-electron chi connectivity index (χ0n) is 13.2. The Kier molecular flexibility index (Phi) is 4.99. The van der Waals surface area contributed by atoms with E-state index in [0.717, 1.165) is 25.3 Å². The molecule has 0 bridgehead atoms. The molecule has 2 rings (SSSR count). The van der Waals surface area contributed by atoms with E-state index in [4.69, 9.17) is 5.73 Å². The summed E-state index contributed by atoms with van der Waals surface area (Å²) in [5.74, 6) is -0.433. The van der Waals surface area contributed by atoms with Gasteiger partial charge < -0.3 is 10.6 Å². The smallest absolute Gasteiger partial charge is 0.126 e. The van der Waals surface area contributed by atoms with Gasteiger partial charge in [0.15, 0.2) is 0 Å². The van der Waals surface area contributed by atoms with Crippen LogP contribution in [0.5, 0.6) is 0 Å². The molecule has 1 aliphatic rings. The molecule has 21 heavy (non-hydrogen) atoms. The van der Waals surface area contributed by atoms with Crippen LogP contribution in [-0.4, -0.2) is 30.6 Å². The quantitative estimate of drug-likeness (QED) is 0.923. The second-order valence-corrected chi connectivity index (χ2v) is 6.79. The Hall–Kier alpha value is -1.00. The summed E-state index contributed by atoms with van der Waals surface area (Å²) in [6.07, 6.45) is 4.98. The molecule has 0 saturated heterocycles. The SMILES string of the molecule is CC1CCCC(C(N)Cc2cc(F)cc(F)c2)(N(C)C)C1. The first-order valence-electron chi connectivity index (χ1n) is 7.71. The van der Waals surface area contributed by atoms with Gasteiger partial charge in [0.2, 0.25) is 0 Å². The maximum absolute atomic E-state index is 13.3. The molecule has 2 N–H and O–H groups in total. The number of benzene rings is 1. The standard InChI is InChI=1S/C17H26F2N2/c1-12-5-4-6-17(11-12,21(2)3)16(20)9-13-7-14(18)10-15(19)8-13/h7-8,10,12,16H,4-6,9,11,20H2,1-3H3. The van der Waals surface area contributed by atoms with Crippen LogP contribution >= 0.6 is 0 Å². The van der Waals surface area contributed by atoms with Gasteiger partial charge >= 0.3 is 0 Å². The first kappa shape index (κ1) is 16.4. The Labute approximate surface area is 126 Å². The molecule has 1 saturated carbocycles. The maximum Gasteiger partial charge on any atom is 0.126 e. The fourth-order valence-corrected chi connectivity index (χ4v) is 3.81. The van der Waals surface area contributed by atoms with Crippen LogP contribution in [0.4, 0.5) is 8.78 Å². The Bertz CT molecular complexity index is 469. The average molecular weight is 296 g/mol. The number of nitrogens with zero attached hydrogens (tertiary/aromatic N) is 1. The third-order valence-corrected chi connectivity index (χ3v) is 4.97. The molecule has 0 aromatic heterocycles. The minimum Gasteiger partial charge on any atom is -0.326 e. The molecule has 1 aromatic carbocycles. The largest absolute Gasteiger partial charge is 0.326 e. The van der Waals surface area contributed by atoms with Crippen molar-refractivity contribution >= 4 is 0 Å². The van der Waals surface area contributed by atoms with Crippen LogP contribution in [0.15, 0.2) is 18.2 Å². The molecular weight excluding hydrogens is 270 g/mol. The molecule has 1 aliphatic carbocycles. The first-order chi connectivity index (χ1) is 9.83. The predicted molar refractivity (Wildman–Crippen MR) is 82.1 cm³/mol. The van der Waals surface area contributed by atoms with E-state index in [1.54, 1.807) is 0 Å². The molecule has 118 valence electrons. The molecular formula is C17H26F2N2. The lowest BCUT2D eigenvalue weighted by atomic mass is 9.70. The highest BCUT2D eigenvalue weighted by Gasteiger charge is 2.41. The third kappa shape index (κ3) is 3.61. The van der Waals surface area contributed by atoms with E-state index in [1.165, 1.54) is 18.6 Å². The van der Waals surface area contributed by atoms with Gasteiger partial charge in [-0.3, -0.25) is 0 Å². The third-order valence-electron chi connectivity index (χ3n) is 4.97. The van der Waals surface area contributed by atoms with Gasteiger partial charge in [-0.2, -0.15) is 0 Å². The van der Waals surface area contributed by atoms with Gasteiger partial charge in [0.1, 0.15) is 11.6 Å². The van der Waals surface area contributed by atoms with Crippen molar-refractivity contribution in [1.82, 2.24) is 4.90 Å². The second kappa shape index (κ2) is 6.41. The molecule has 0 aliphatic heterocycles. The van der Waals surface area contributed by atoms with E-state index < -0.39 is 11.6 Å². The van der Waals surface area contributed by atoms with Crippen molar-refractivity contribution in [2.24, 2.45) is 11.7 Å². The topological polar surface area (TPSA) is 29.3 Å². The van der Waals surface area contributed by atoms with Gasteiger partial charge in [-0.1, -0.05) is 19.8 Å². The van der Waals surface area contributed by atoms with Crippen LogP contribution < -0.4 is 5.73 Å². The van der Waals surface area contributed by atoms with Gasteiger partial charge in [-0.15, -0.1) is 0 Å². The summed E-state index contributed by atoms with van der Waals surface area (Å²) >= 11 is 0. The van der Waals surface area contributed by atoms with Gasteiger partial charge in [-0.25, -0.2) is 8.78 Å². The lowest BCUT2D eigenvalue weighted by Gasteiger charge is -2.49. The lowest BCUT2D eigenvalue weighted by Crippen LogP contribution is -2.60. The van der Waals surface area contributed by atoms with E-state index in [-0.39, 0.29) is 11.6 Å². The second-order valence-electron chi connectivity index (χ2n) is 6.79. The van der Waals surface area contributed by atoms with Crippen molar-refractivity contribution in [2.75, 3.05) is 14.1 Å². The van der Waals surface area contributed by atoms with Crippen molar-refractivity contribution in [3.8, 4) is 0 Å². The number of hydrogen-bond donors (Lipinski definition) is 1. The van der Waals surface area contributed by atoms with Crippen LogP contribution in [0.3, 0.4) is 0 Å². The number of nitrogens with two attached hydrogens (primary N) is 1. The molecule has 2 nitrogen and oxygen atoms in total. The Morgan fingerprint density at radius 1 is 1.29 bits per heavy atom. The van der Waals surface area contributed by atoms with E-state index in [2.05, 4.69) is 25.9 Å². The molecule has 0 heterocycles. The van der Waals surface area contributed by atoms with Gasteiger partial charge in [-0.05, 0) is 57.0 Å². The highest BCUT2D eigenvalue weighted by Crippen LogP contribution is 2.38. The Morgan fingerprint density at radius 2 is 1.90 bits per heavy atom. The minimum atomic E-state index is -0.534. The van der Waals surface area contributed by atoms with E-state index in [9.17, 15) is 8.78 Å². The highest BCUT2D eigenvalue weighted by molar-refractivity contribution is 5.20. The van der Waals surface area contributed by atoms with Crippen molar-refractivity contribution < 1.29 is 8.78 Å². The molecule has 0 radical (unpaired) electrons. The Balaban J connectivity index is 2.20. The summed E-state index contributed by atoms with van der Waals surface area (Å²) < 4.78 is 26.7. The summed E-state index contributed by atoms with van der Waals surface area (Å²) in [6.45, 7) is 2.26. The molecule has 1 aromatic rings. The van der Waals surface area contributed by atoms with E-state index in [1.807, 2.05) is 0 Å². The fraction of sp³-hybridized carbons (Fsp3) is 0.647. The molecule has 1 fully saturated rings. The summed E-state index contributed by atoms with van der Waals surface area (Å²) in [4.78, 5) is 2.21. The van der Waals surface area contributed by atoms with E-state index >= 15 is 0 Å². The molecule has 3 atom stereocenters. The van der Waals surface area contributed by atoms with Crippen molar-refractivity contribution in [3.05, 3.63) is 35.4 Å². The highest BCUT2D eigenvalue weighted by atomic mass is 19.1. The molecule has 0 spiro atoms. The van der Waals surface area contributed by atoms with Crippen LogP contribution in [0, 0.1) is 17.6 Å². The maximum atomic E-state index is 13.3. The zero-order valence-corrected chi connectivity index (χ0v) is 13.2. The van der Waals surface area contributed by atoms with Crippen molar-refractivity contribution in [3.63, 3.8) is 0 Å². The summed E-state index contributed by atoms with van der Waals surface area (Å²) in [5, 5.41) is 0. The monoisotopic (exact) mass is 296 g/mol. The normalized spacial score (nSPS) is 27.9. The number of halogens is 2. The summed E-state index contributed by atoms with van der Waals surface area (Å²) in [6, 6.07) is 3.55. The summed E-state index contributed by atoms with van der Waals surface area (Å²) in [5.41, 5.74) is 7.05.